The summed E-state index contributed by atoms with van der Waals surface area (Å²) in [6, 6.07) is 8.10. The molecule has 1 aliphatic carbocycles. The first-order valence-corrected chi connectivity index (χ1v) is 9.14. The number of carbonyl (C=O) groups is 1. The summed E-state index contributed by atoms with van der Waals surface area (Å²) in [5.74, 6) is 0. The van der Waals surface area contributed by atoms with E-state index in [9.17, 15) is 4.79 Å². The summed E-state index contributed by atoms with van der Waals surface area (Å²) in [5, 5.41) is 14.0. The van der Waals surface area contributed by atoms with Crippen LogP contribution in [0.3, 0.4) is 0 Å². The van der Waals surface area contributed by atoms with E-state index in [1.54, 1.807) is 0 Å². The van der Waals surface area contributed by atoms with Crippen LogP contribution in [0.15, 0.2) is 30.5 Å². The summed E-state index contributed by atoms with van der Waals surface area (Å²) in [7, 11) is 0. The fraction of sp³-hybridized carbons (Fsp3) is 0.444. The number of nitrogens with one attached hydrogen (secondary N) is 3. The Labute approximate surface area is 151 Å². The fourth-order valence-electron chi connectivity index (χ4n) is 3.73. The van der Waals surface area contributed by atoms with Crippen LogP contribution in [0.2, 0.25) is 5.02 Å². The van der Waals surface area contributed by atoms with Crippen LogP contribution in [0.25, 0.3) is 0 Å². The number of anilines is 1. The zero-order chi connectivity index (χ0) is 17.2. The third kappa shape index (κ3) is 3.74. The molecular formula is C18H22ClN5O. The van der Waals surface area contributed by atoms with Crippen LogP contribution in [-0.4, -0.2) is 41.4 Å². The second kappa shape index (κ2) is 6.96. The third-order valence-corrected chi connectivity index (χ3v) is 5.29. The smallest absolute Gasteiger partial charge is 0.315 e. The van der Waals surface area contributed by atoms with Gasteiger partial charge in [0.1, 0.15) is 0 Å². The molecule has 1 fully saturated rings. The second-order valence-electron chi connectivity index (χ2n) is 6.84. The molecule has 1 saturated heterocycles. The van der Waals surface area contributed by atoms with Crippen LogP contribution in [-0.2, 0) is 12.8 Å². The van der Waals surface area contributed by atoms with Crippen molar-refractivity contribution >= 4 is 23.3 Å². The normalized spacial score (nSPS) is 22.5. The molecule has 2 amide bonds. The number of fused-ring (bicyclic) bond motifs is 1. The van der Waals surface area contributed by atoms with Crippen LogP contribution in [0.5, 0.6) is 0 Å². The summed E-state index contributed by atoms with van der Waals surface area (Å²) in [4.78, 5) is 14.6. The van der Waals surface area contributed by atoms with Crippen LogP contribution >= 0.6 is 11.6 Å². The highest BCUT2D eigenvalue weighted by Gasteiger charge is 2.26. The van der Waals surface area contributed by atoms with Crippen LogP contribution in [0, 0.1) is 0 Å². The molecule has 3 N–H and O–H groups in total. The number of halogens is 1. The minimum Gasteiger partial charge on any atom is -0.369 e. The Morgan fingerprint density at radius 2 is 2.16 bits per heavy atom. The van der Waals surface area contributed by atoms with Crippen molar-refractivity contribution in [2.45, 2.75) is 37.8 Å². The summed E-state index contributed by atoms with van der Waals surface area (Å²) in [6.07, 6.45) is 5.56. The van der Waals surface area contributed by atoms with E-state index >= 15 is 0 Å². The molecule has 132 valence electrons. The molecule has 7 heteroatoms. The van der Waals surface area contributed by atoms with Gasteiger partial charge in [-0.2, -0.15) is 5.10 Å². The predicted octanol–water partition coefficient (Wildman–Crippen LogP) is 2.50. The largest absolute Gasteiger partial charge is 0.369 e. The number of rotatable bonds is 3. The number of aromatic nitrogens is 2. The number of aromatic amines is 1. The van der Waals surface area contributed by atoms with E-state index in [0.717, 1.165) is 55.2 Å². The summed E-state index contributed by atoms with van der Waals surface area (Å²) >= 11 is 6.07. The molecule has 0 bridgehead atoms. The number of amides is 2. The summed E-state index contributed by atoms with van der Waals surface area (Å²) in [5.41, 5.74) is 3.52. The standard InChI is InChI=1S/C18H22ClN5O/c19-13-2-1-3-16(8-13)24-7-6-15(11-24)22-18(25)21-14-5-4-12-10-20-23-17(12)9-14/h1-3,8,10,14-15H,4-7,9,11H2,(H,20,23)(H2,21,22,25). The molecule has 2 aromatic rings. The van der Waals surface area contributed by atoms with Crippen molar-refractivity contribution in [3.8, 4) is 0 Å². The van der Waals surface area contributed by atoms with Crippen molar-refractivity contribution in [1.82, 2.24) is 20.8 Å². The maximum Gasteiger partial charge on any atom is 0.315 e. The molecule has 0 radical (unpaired) electrons. The quantitative estimate of drug-likeness (QED) is 0.788. The number of benzene rings is 1. The van der Waals surface area contributed by atoms with Crippen LogP contribution < -0.4 is 15.5 Å². The third-order valence-electron chi connectivity index (χ3n) is 5.05. The molecule has 1 aliphatic heterocycles. The molecule has 2 unspecified atom stereocenters. The Hall–Kier alpha value is -2.21. The van der Waals surface area contributed by atoms with Gasteiger partial charge in [-0.05, 0) is 43.0 Å². The van der Waals surface area contributed by atoms with Gasteiger partial charge in [-0.25, -0.2) is 4.79 Å². The first kappa shape index (κ1) is 16.3. The monoisotopic (exact) mass is 359 g/mol. The van der Waals surface area contributed by atoms with E-state index in [2.05, 4.69) is 31.8 Å². The highest BCUT2D eigenvalue weighted by Crippen LogP contribution is 2.23. The molecule has 2 heterocycles. The van der Waals surface area contributed by atoms with Crippen LogP contribution in [0.1, 0.15) is 24.1 Å². The van der Waals surface area contributed by atoms with Gasteiger partial charge in [-0.15, -0.1) is 0 Å². The number of H-pyrrole nitrogens is 1. The number of hydrogen-bond acceptors (Lipinski definition) is 3. The van der Waals surface area contributed by atoms with Gasteiger partial charge < -0.3 is 15.5 Å². The Morgan fingerprint density at radius 1 is 1.28 bits per heavy atom. The zero-order valence-corrected chi connectivity index (χ0v) is 14.7. The topological polar surface area (TPSA) is 73.0 Å². The van der Waals surface area contributed by atoms with Crippen LogP contribution in [0.4, 0.5) is 10.5 Å². The van der Waals surface area contributed by atoms with Gasteiger partial charge in [0.25, 0.3) is 0 Å². The SMILES string of the molecule is O=C(NC1CCc2cn[nH]c2C1)NC1CCN(c2cccc(Cl)c2)C1. The number of nitrogens with zero attached hydrogens (tertiary/aromatic N) is 2. The highest BCUT2D eigenvalue weighted by molar-refractivity contribution is 6.30. The predicted molar refractivity (Wildman–Crippen MR) is 98.1 cm³/mol. The van der Waals surface area contributed by atoms with Crippen molar-refractivity contribution in [3.05, 3.63) is 46.7 Å². The van der Waals surface area contributed by atoms with E-state index < -0.39 is 0 Å². The minimum atomic E-state index is -0.0779. The fourth-order valence-corrected chi connectivity index (χ4v) is 3.91. The van der Waals surface area contributed by atoms with E-state index in [0.29, 0.717) is 0 Å². The highest BCUT2D eigenvalue weighted by atomic mass is 35.5. The average Bonchev–Trinajstić information content (AvgIpc) is 3.23. The minimum absolute atomic E-state index is 0.0779. The lowest BCUT2D eigenvalue weighted by Gasteiger charge is -2.24. The van der Waals surface area contributed by atoms with Gasteiger partial charge in [0.2, 0.25) is 0 Å². The lowest BCUT2D eigenvalue weighted by atomic mass is 9.94. The molecule has 4 rings (SSSR count). The first-order valence-electron chi connectivity index (χ1n) is 8.76. The molecule has 1 aromatic heterocycles. The maximum atomic E-state index is 12.3. The molecule has 25 heavy (non-hydrogen) atoms. The van der Waals surface area contributed by atoms with E-state index in [-0.39, 0.29) is 18.1 Å². The van der Waals surface area contributed by atoms with E-state index in [1.165, 1.54) is 5.56 Å². The van der Waals surface area contributed by atoms with Gasteiger partial charge in [0.15, 0.2) is 0 Å². The van der Waals surface area contributed by atoms with E-state index in [1.807, 2.05) is 24.4 Å². The number of urea groups is 1. The Kier molecular flexibility index (Phi) is 4.53. The van der Waals surface area contributed by atoms with Gasteiger partial charge in [0.05, 0.1) is 6.20 Å². The lowest BCUT2D eigenvalue weighted by molar-refractivity contribution is 0.232. The zero-order valence-electron chi connectivity index (χ0n) is 14.0. The molecule has 2 atom stereocenters. The number of aryl methyl sites for hydroxylation is 1. The van der Waals surface area contributed by atoms with Gasteiger partial charge in [0, 0.05) is 48.0 Å². The molecule has 0 saturated carbocycles. The Morgan fingerprint density at radius 3 is 3.04 bits per heavy atom. The van der Waals surface area contributed by atoms with E-state index in [4.69, 9.17) is 11.6 Å². The molecule has 1 aromatic carbocycles. The Balaban J connectivity index is 1.28. The Bertz CT molecular complexity index is 761. The lowest BCUT2D eigenvalue weighted by Crippen LogP contribution is -2.48. The molecule has 6 nitrogen and oxygen atoms in total. The summed E-state index contributed by atoms with van der Waals surface area (Å²) in [6.45, 7) is 1.73. The molecule has 0 spiro atoms. The van der Waals surface area contributed by atoms with Crippen molar-refractivity contribution in [2.24, 2.45) is 0 Å². The van der Waals surface area contributed by atoms with Crippen molar-refractivity contribution in [2.75, 3.05) is 18.0 Å². The average molecular weight is 360 g/mol. The molecule has 2 aliphatic rings. The van der Waals surface area contributed by atoms with Gasteiger partial charge >= 0.3 is 6.03 Å². The van der Waals surface area contributed by atoms with Crippen molar-refractivity contribution in [3.63, 3.8) is 0 Å². The van der Waals surface area contributed by atoms with Gasteiger partial charge in [-0.3, -0.25) is 5.10 Å². The molecular weight excluding hydrogens is 338 g/mol. The maximum absolute atomic E-state index is 12.3. The first-order chi connectivity index (χ1) is 12.2. The summed E-state index contributed by atoms with van der Waals surface area (Å²) < 4.78 is 0. The van der Waals surface area contributed by atoms with Gasteiger partial charge in [-0.1, -0.05) is 17.7 Å². The number of carbonyl (C=O) groups excluding carboxylic acids is 1. The van der Waals surface area contributed by atoms with Crippen molar-refractivity contribution < 1.29 is 4.79 Å². The second-order valence-corrected chi connectivity index (χ2v) is 7.28. The van der Waals surface area contributed by atoms with Crippen molar-refractivity contribution in [1.29, 1.82) is 0 Å². The number of hydrogen-bond donors (Lipinski definition) is 3.